The Kier molecular flexibility index (Phi) is 4.17. The van der Waals surface area contributed by atoms with E-state index >= 15 is 0 Å². The Morgan fingerprint density at radius 3 is 2.75 bits per heavy atom. The number of nitrogens with two attached hydrogens (primary N) is 1. The van der Waals surface area contributed by atoms with E-state index in [1.54, 1.807) is 30.3 Å². The minimum Gasteiger partial charge on any atom is -0.465 e. The molecular formula is C14H14N2O4. The SMILES string of the molecule is COC(=O)c1cccc(NC(=O)c2ccc(CN)o2)c1. The molecule has 1 aromatic carbocycles. The molecule has 0 bridgehead atoms. The summed E-state index contributed by atoms with van der Waals surface area (Å²) >= 11 is 0. The van der Waals surface area contributed by atoms with Crippen LogP contribution in [0.5, 0.6) is 0 Å². The van der Waals surface area contributed by atoms with Gasteiger partial charge >= 0.3 is 5.97 Å². The highest BCUT2D eigenvalue weighted by Crippen LogP contribution is 2.14. The first-order chi connectivity index (χ1) is 9.63. The molecule has 6 nitrogen and oxygen atoms in total. The van der Waals surface area contributed by atoms with Crippen LogP contribution in [0, 0.1) is 0 Å². The average molecular weight is 274 g/mol. The molecule has 1 heterocycles. The third-order valence-electron chi connectivity index (χ3n) is 2.63. The van der Waals surface area contributed by atoms with Crippen LogP contribution in [0.2, 0.25) is 0 Å². The molecular weight excluding hydrogens is 260 g/mol. The van der Waals surface area contributed by atoms with Gasteiger partial charge in [-0.2, -0.15) is 0 Å². The zero-order chi connectivity index (χ0) is 14.5. The second kappa shape index (κ2) is 6.03. The Labute approximate surface area is 115 Å². The number of methoxy groups -OCH3 is 1. The quantitative estimate of drug-likeness (QED) is 0.829. The number of furan rings is 1. The highest BCUT2D eigenvalue weighted by atomic mass is 16.5. The highest BCUT2D eigenvalue weighted by Gasteiger charge is 2.12. The minimum atomic E-state index is -0.468. The summed E-state index contributed by atoms with van der Waals surface area (Å²) in [5.74, 6) is -0.191. The van der Waals surface area contributed by atoms with E-state index in [0.29, 0.717) is 17.0 Å². The third kappa shape index (κ3) is 3.04. The Bertz CT molecular complexity index is 634. The van der Waals surface area contributed by atoms with Crippen molar-refractivity contribution in [3.05, 3.63) is 53.5 Å². The summed E-state index contributed by atoms with van der Waals surface area (Å²) in [6.07, 6.45) is 0. The summed E-state index contributed by atoms with van der Waals surface area (Å²) in [6.45, 7) is 0.227. The van der Waals surface area contributed by atoms with Crippen molar-refractivity contribution in [1.82, 2.24) is 0 Å². The minimum absolute atomic E-state index is 0.161. The molecule has 20 heavy (non-hydrogen) atoms. The molecule has 1 aromatic heterocycles. The molecule has 3 N–H and O–H groups in total. The van der Waals surface area contributed by atoms with E-state index in [1.165, 1.54) is 13.2 Å². The summed E-state index contributed by atoms with van der Waals surface area (Å²) < 4.78 is 9.85. The van der Waals surface area contributed by atoms with Crippen molar-refractivity contribution in [3.8, 4) is 0 Å². The second-order valence-electron chi connectivity index (χ2n) is 4.00. The lowest BCUT2D eigenvalue weighted by Crippen LogP contribution is -2.11. The van der Waals surface area contributed by atoms with E-state index in [-0.39, 0.29) is 12.3 Å². The zero-order valence-corrected chi connectivity index (χ0v) is 10.9. The summed E-state index contributed by atoms with van der Waals surface area (Å²) in [5.41, 5.74) is 6.24. The Morgan fingerprint density at radius 2 is 2.10 bits per heavy atom. The van der Waals surface area contributed by atoms with Gasteiger partial charge in [0.2, 0.25) is 0 Å². The van der Waals surface area contributed by atoms with Crippen molar-refractivity contribution in [2.24, 2.45) is 5.73 Å². The van der Waals surface area contributed by atoms with Gasteiger partial charge in [0, 0.05) is 5.69 Å². The average Bonchev–Trinajstić information content (AvgIpc) is 2.95. The maximum absolute atomic E-state index is 11.9. The van der Waals surface area contributed by atoms with Gasteiger partial charge in [-0.3, -0.25) is 4.79 Å². The number of rotatable bonds is 4. The van der Waals surface area contributed by atoms with Crippen LogP contribution in [-0.4, -0.2) is 19.0 Å². The van der Waals surface area contributed by atoms with Gasteiger partial charge in [-0.15, -0.1) is 0 Å². The van der Waals surface area contributed by atoms with E-state index in [2.05, 4.69) is 10.1 Å². The van der Waals surface area contributed by atoms with Crippen molar-refractivity contribution >= 4 is 17.6 Å². The van der Waals surface area contributed by atoms with Crippen molar-refractivity contribution in [3.63, 3.8) is 0 Å². The van der Waals surface area contributed by atoms with Gasteiger partial charge < -0.3 is 20.2 Å². The molecule has 0 aliphatic rings. The molecule has 0 fully saturated rings. The highest BCUT2D eigenvalue weighted by molar-refractivity contribution is 6.03. The normalized spacial score (nSPS) is 10.1. The van der Waals surface area contributed by atoms with Crippen LogP contribution in [0.3, 0.4) is 0 Å². The molecule has 0 aliphatic carbocycles. The summed E-state index contributed by atoms with van der Waals surface area (Å²) in [6, 6.07) is 9.62. The molecule has 1 amide bonds. The predicted octanol–water partition coefficient (Wildman–Crippen LogP) is 1.78. The maximum atomic E-state index is 11.9. The molecule has 0 saturated carbocycles. The fourth-order valence-corrected chi connectivity index (χ4v) is 1.64. The van der Waals surface area contributed by atoms with Crippen molar-refractivity contribution in [2.45, 2.75) is 6.54 Å². The predicted molar refractivity (Wildman–Crippen MR) is 72.3 cm³/mol. The van der Waals surface area contributed by atoms with E-state index < -0.39 is 11.9 Å². The molecule has 104 valence electrons. The number of hydrogen-bond donors (Lipinski definition) is 2. The van der Waals surface area contributed by atoms with Gasteiger partial charge in [0.05, 0.1) is 19.2 Å². The fraction of sp³-hybridized carbons (Fsp3) is 0.143. The van der Waals surface area contributed by atoms with Gasteiger partial charge in [-0.25, -0.2) is 4.79 Å². The molecule has 0 unspecified atom stereocenters. The first kappa shape index (κ1) is 13.8. The number of carbonyl (C=O) groups excluding carboxylic acids is 2. The van der Waals surface area contributed by atoms with Gasteiger partial charge in [0.15, 0.2) is 5.76 Å². The number of nitrogens with one attached hydrogen (secondary N) is 1. The van der Waals surface area contributed by atoms with E-state index in [1.807, 2.05) is 0 Å². The lowest BCUT2D eigenvalue weighted by molar-refractivity contribution is 0.0600. The standard InChI is InChI=1S/C14H14N2O4/c1-19-14(18)9-3-2-4-10(7-9)16-13(17)12-6-5-11(8-15)20-12/h2-7H,8,15H2,1H3,(H,16,17). The van der Waals surface area contributed by atoms with Crippen LogP contribution >= 0.6 is 0 Å². The summed E-state index contributed by atoms with van der Waals surface area (Å²) in [4.78, 5) is 23.3. The van der Waals surface area contributed by atoms with E-state index in [4.69, 9.17) is 10.2 Å². The third-order valence-corrected chi connectivity index (χ3v) is 2.63. The number of esters is 1. The first-order valence-electron chi connectivity index (χ1n) is 5.92. The number of anilines is 1. The molecule has 0 aliphatic heterocycles. The van der Waals surface area contributed by atoms with Crippen LogP contribution in [0.25, 0.3) is 0 Å². The summed E-state index contributed by atoms with van der Waals surface area (Å²) in [7, 11) is 1.30. The van der Waals surface area contributed by atoms with Gasteiger partial charge in [-0.05, 0) is 30.3 Å². The van der Waals surface area contributed by atoms with Gasteiger partial charge in [-0.1, -0.05) is 6.07 Å². The van der Waals surface area contributed by atoms with Crippen LogP contribution < -0.4 is 11.1 Å². The smallest absolute Gasteiger partial charge is 0.337 e. The Hall–Kier alpha value is -2.60. The van der Waals surface area contributed by atoms with E-state index in [0.717, 1.165) is 0 Å². The summed E-state index contributed by atoms with van der Waals surface area (Å²) in [5, 5.41) is 2.63. The topological polar surface area (TPSA) is 94.6 Å². The van der Waals surface area contributed by atoms with Crippen molar-refractivity contribution in [2.75, 3.05) is 12.4 Å². The fourth-order valence-electron chi connectivity index (χ4n) is 1.64. The zero-order valence-electron chi connectivity index (χ0n) is 10.9. The first-order valence-corrected chi connectivity index (χ1v) is 5.92. The lowest BCUT2D eigenvalue weighted by atomic mass is 10.2. The molecule has 0 saturated heterocycles. The molecule has 2 rings (SSSR count). The molecule has 6 heteroatoms. The van der Waals surface area contributed by atoms with Crippen LogP contribution in [0.1, 0.15) is 26.7 Å². The molecule has 0 atom stereocenters. The number of hydrogen-bond acceptors (Lipinski definition) is 5. The molecule has 0 radical (unpaired) electrons. The Balaban J connectivity index is 2.13. The number of ether oxygens (including phenoxy) is 1. The number of amides is 1. The maximum Gasteiger partial charge on any atom is 0.337 e. The monoisotopic (exact) mass is 274 g/mol. The van der Waals surface area contributed by atoms with Crippen LogP contribution in [0.4, 0.5) is 5.69 Å². The van der Waals surface area contributed by atoms with Gasteiger partial charge in [0.25, 0.3) is 5.91 Å². The van der Waals surface area contributed by atoms with Crippen molar-refractivity contribution in [1.29, 1.82) is 0 Å². The number of carbonyl (C=O) groups is 2. The van der Waals surface area contributed by atoms with Crippen LogP contribution in [0.15, 0.2) is 40.8 Å². The lowest BCUT2D eigenvalue weighted by Gasteiger charge is -2.05. The molecule has 0 spiro atoms. The van der Waals surface area contributed by atoms with Gasteiger partial charge in [0.1, 0.15) is 5.76 Å². The van der Waals surface area contributed by atoms with E-state index in [9.17, 15) is 9.59 Å². The second-order valence-corrected chi connectivity index (χ2v) is 4.00. The largest absolute Gasteiger partial charge is 0.465 e. The van der Waals surface area contributed by atoms with Crippen molar-refractivity contribution < 1.29 is 18.7 Å². The van der Waals surface area contributed by atoms with Crippen LogP contribution in [-0.2, 0) is 11.3 Å². The Morgan fingerprint density at radius 1 is 1.30 bits per heavy atom. The molecule has 2 aromatic rings. The number of benzene rings is 1.